The molecule has 3 nitrogen and oxygen atoms in total. The Bertz CT molecular complexity index is 226. The number of hydrogen-bond donors (Lipinski definition) is 0. The van der Waals surface area contributed by atoms with Gasteiger partial charge in [-0.2, -0.15) is 0 Å². The lowest BCUT2D eigenvalue weighted by Crippen LogP contribution is -2.38. The number of ether oxygens (including phenoxy) is 2. The molecule has 74 valence electrons. The third-order valence-corrected chi connectivity index (χ3v) is 3.21. The molecule has 0 saturated carbocycles. The van der Waals surface area contributed by atoms with Crippen molar-refractivity contribution in [1.82, 2.24) is 0 Å². The van der Waals surface area contributed by atoms with Crippen LogP contribution in [-0.4, -0.2) is 24.8 Å². The maximum Gasteiger partial charge on any atom is 0.314 e. The smallest absolute Gasteiger partial charge is 0.314 e. The van der Waals surface area contributed by atoms with E-state index in [9.17, 15) is 4.79 Å². The Morgan fingerprint density at radius 1 is 1.62 bits per heavy atom. The monoisotopic (exact) mass is 184 g/mol. The van der Waals surface area contributed by atoms with Crippen molar-refractivity contribution in [2.24, 2.45) is 5.41 Å². The van der Waals surface area contributed by atoms with Crippen molar-refractivity contribution >= 4 is 5.97 Å². The first kappa shape index (κ1) is 9.00. The molecule has 0 N–H and O–H groups in total. The van der Waals surface area contributed by atoms with Crippen molar-refractivity contribution in [3.8, 4) is 0 Å². The largest absolute Gasteiger partial charge is 0.465 e. The van der Waals surface area contributed by atoms with Gasteiger partial charge < -0.3 is 9.47 Å². The van der Waals surface area contributed by atoms with Crippen LogP contribution in [0.1, 0.15) is 33.1 Å². The topological polar surface area (TPSA) is 35.5 Å². The molecule has 3 atom stereocenters. The highest BCUT2D eigenvalue weighted by Gasteiger charge is 2.54. The Kier molecular flexibility index (Phi) is 2.06. The normalized spacial score (nSPS) is 42.3. The van der Waals surface area contributed by atoms with E-state index in [1.165, 1.54) is 0 Å². The van der Waals surface area contributed by atoms with Crippen molar-refractivity contribution < 1.29 is 14.3 Å². The molecule has 2 saturated heterocycles. The second kappa shape index (κ2) is 2.98. The van der Waals surface area contributed by atoms with Gasteiger partial charge in [-0.25, -0.2) is 0 Å². The van der Waals surface area contributed by atoms with E-state index in [1.54, 1.807) is 0 Å². The number of rotatable bonds is 2. The summed E-state index contributed by atoms with van der Waals surface area (Å²) in [6.07, 6.45) is 3.38. The summed E-state index contributed by atoms with van der Waals surface area (Å²) in [6.45, 7) is 4.27. The number of carbonyl (C=O) groups is 1. The number of hydrogen-bond acceptors (Lipinski definition) is 3. The maximum atomic E-state index is 11.7. The number of carbonyl (C=O) groups excluding carboxylic acids is 1. The Balaban J connectivity index is 2.08. The van der Waals surface area contributed by atoms with Crippen LogP contribution >= 0.6 is 0 Å². The Labute approximate surface area is 78.4 Å². The van der Waals surface area contributed by atoms with Gasteiger partial charge in [0.25, 0.3) is 0 Å². The summed E-state index contributed by atoms with van der Waals surface area (Å²) >= 11 is 0. The van der Waals surface area contributed by atoms with Crippen LogP contribution in [0.5, 0.6) is 0 Å². The number of esters is 1. The van der Waals surface area contributed by atoms with Gasteiger partial charge in [-0.3, -0.25) is 4.79 Å². The van der Waals surface area contributed by atoms with Crippen LogP contribution in [-0.2, 0) is 14.3 Å². The Morgan fingerprint density at radius 3 is 2.85 bits per heavy atom. The van der Waals surface area contributed by atoms with Gasteiger partial charge in [0.05, 0.1) is 24.2 Å². The molecule has 2 heterocycles. The second-order valence-electron chi connectivity index (χ2n) is 4.17. The van der Waals surface area contributed by atoms with Crippen LogP contribution in [0.25, 0.3) is 0 Å². The minimum atomic E-state index is -0.362. The van der Waals surface area contributed by atoms with E-state index >= 15 is 0 Å². The van der Waals surface area contributed by atoms with Crippen molar-refractivity contribution in [2.75, 3.05) is 6.61 Å². The summed E-state index contributed by atoms with van der Waals surface area (Å²) in [4.78, 5) is 11.7. The third-order valence-electron chi connectivity index (χ3n) is 3.21. The molecule has 2 fully saturated rings. The first-order valence-electron chi connectivity index (χ1n) is 4.99. The molecule has 2 bridgehead atoms. The van der Waals surface area contributed by atoms with Crippen molar-refractivity contribution in [3.63, 3.8) is 0 Å². The summed E-state index contributed by atoms with van der Waals surface area (Å²) < 4.78 is 10.7. The van der Waals surface area contributed by atoms with Crippen molar-refractivity contribution in [3.05, 3.63) is 0 Å². The third kappa shape index (κ3) is 1.26. The molecule has 0 aromatic carbocycles. The minimum Gasteiger partial charge on any atom is -0.465 e. The average molecular weight is 184 g/mol. The molecule has 0 aliphatic carbocycles. The fourth-order valence-corrected chi connectivity index (χ4v) is 2.44. The maximum absolute atomic E-state index is 11.7. The lowest BCUT2D eigenvalue weighted by molar-refractivity contribution is -0.157. The Morgan fingerprint density at radius 2 is 2.38 bits per heavy atom. The molecule has 2 aliphatic heterocycles. The van der Waals surface area contributed by atoms with Gasteiger partial charge in [0, 0.05) is 0 Å². The molecule has 13 heavy (non-hydrogen) atoms. The lowest BCUT2D eigenvalue weighted by atomic mass is 9.75. The Hall–Kier alpha value is -0.570. The van der Waals surface area contributed by atoms with Crippen molar-refractivity contribution in [2.45, 2.75) is 45.3 Å². The SMILES string of the molecule is CCOC(=O)C1(C)CC2CCC1O2. The fourth-order valence-electron chi connectivity index (χ4n) is 2.44. The van der Waals surface area contributed by atoms with Crippen LogP contribution in [0.3, 0.4) is 0 Å². The summed E-state index contributed by atoms with van der Waals surface area (Å²) in [5.74, 6) is -0.0813. The number of fused-ring (bicyclic) bond motifs is 2. The lowest BCUT2D eigenvalue weighted by Gasteiger charge is -2.28. The zero-order chi connectivity index (χ0) is 9.47. The van der Waals surface area contributed by atoms with Crippen LogP contribution in [0.4, 0.5) is 0 Å². The van der Waals surface area contributed by atoms with E-state index in [2.05, 4.69) is 0 Å². The van der Waals surface area contributed by atoms with E-state index in [1.807, 2.05) is 13.8 Å². The minimum absolute atomic E-state index is 0.0813. The second-order valence-corrected chi connectivity index (χ2v) is 4.17. The molecule has 2 rings (SSSR count). The summed E-state index contributed by atoms with van der Waals surface area (Å²) in [6, 6.07) is 0. The highest BCUT2D eigenvalue weighted by Crippen LogP contribution is 2.48. The van der Waals surface area contributed by atoms with E-state index < -0.39 is 0 Å². The van der Waals surface area contributed by atoms with Crippen LogP contribution in [0.2, 0.25) is 0 Å². The van der Waals surface area contributed by atoms with E-state index in [-0.39, 0.29) is 17.5 Å². The predicted octanol–water partition coefficient (Wildman–Crippen LogP) is 1.51. The van der Waals surface area contributed by atoms with Crippen LogP contribution < -0.4 is 0 Å². The van der Waals surface area contributed by atoms with E-state index in [0.29, 0.717) is 12.7 Å². The van der Waals surface area contributed by atoms with Crippen molar-refractivity contribution in [1.29, 1.82) is 0 Å². The summed E-state index contributed by atoms with van der Waals surface area (Å²) in [5.41, 5.74) is -0.362. The van der Waals surface area contributed by atoms with Crippen LogP contribution in [0, 0.1) is 5.41 Å². The summed E-state index contributed by atoms with van der Waals surface area (Å²) in [5, 5.41) is 0. The molecule has 2 aliphatic rings. The van der Waals surface area contributed by atoms with Gasteiger partial charge in [0.15, 0.2) is 0 Å². The fraction of sp³-hybridized carbons (Fsp3) is 0.900. The zero-order valence-electron chi connectivity index (χ0n) is 8.21. The zero-order valence-corrected chi connectivity index (χ0v) is 8.21. The average Bonchev–Trinajstić information content (AvgIpc) is 2.64. The van der Waals surface area contributed by atoms with Gasteiger partial charge in [-0.05, 0) is 33.1 Å². The van der Waals surface area contributed by atoms with Gasteiger partial charge in [0.1, 0.15) is 0 Å². The van der Waals surface area contributed by atoms with Gasteiger partial charge in [-0.1, -0.05) is 0 Å². The predicted molar refractivity (Wildman–Crippen MR) is 47.3 cm³/mol. The molecule has 0 aromatic heterocycles. The standard InChI is InChI=1S/C10H16O3/c1-3-12-9(11)10(2)6-7-4-5-8(10)13-7/h7-8H,3-6H2,1-2H3. The quantitative estimate of drug-likeness (QED) is 0.610. The van der Waals surface area contributed by atoms with E-state index in [0.717, 1.165) is 19.3 Å². The first-order chi connectivity index (χ1) is 6.16. The molecule has 0 aromatic rings. The van der Waals surface area contributed by atoms with Gasteiger partial charge >= 0.3 is 5.97 Å². The molecule has 0 radical (unpaired) electrons. The van der Waals surface area contributed by atoms with Gasteiger partial charge in [0.2, 0.25) is 0 Å². The molecular weight excluding hydrogens is 168 g/mol. The molecule has 0 spiro atoms. The highest BCUT2D eigenvalue weighted by atomic mass is 16.5. The van der Waals surface area contributed by atoms with Gasteiger partial charge in [-0.15, -0.1) is 0 Å². The summed E-state index contributed by atoms with van der Waals surface area (Å²) in [7, 11) is 0. The molecule has 0 amide bonds. The molecular formula is C10H16O3. The highest BCUT2D eigenvalue weighted by molar-refractivity contribution is 5.77. The van der Waals surface area contributed by atoms with Crippen LogP contribution in [0.15, 0.2) is 0 Å². The molecule has 3 heteroatoms. The first-order valence-corrected chi connectivity index (χ1v) is 4.99. The molecule has 3 unspecified atom stereocenters. The van der Waals surface area contributed by atoms with E-state index in [4.69, 9.17) is 9.47 Å².